The number of halogens is 1. The summed E-state index contributed by atoms with van der Waals surface area (Å²) >= 11 is 0. The molecule has 2 rings (SSSR count). The van der Waals surface area contributed by atoms with Crippen LogP contribution in [0.5, 0.6) is 11.5 Å². The average Bonchev–Trinajstić information content (AvgIpc) is 2.68. The van der Waals surface area contributed by atoms with E-state index in [9.17, 15) is 9.18 Å². The molecular weight excluding hydrogens is 347 g/mol. The minimum Gasteiger partial charge on any atom is -0.493 e. The molecule has 0 saturated carbocycles. The van der Waals surface area contributed by atoms with Gasteiger partial charge in [0.05, 0.1) is 12.8 Å². The molecule has 27 heavy (non-hydrogen) atoms. The summed E-state index contributed by atoms with van der Waals surface area (Å²) in [5, 5.41) is 3.94. The number of hydrogen-bond acceptors (Lipinski definition) is 4. The molecule has 0 heterocycles. The Morgan fingerprint density at radius 1 is 1.07 bits per heavy atom. The van der Waals surface area contributed by atoms with Crippen LogP contribution in [0.2, 0.25) is 0 Å². The summed E-state index contributed by atoms with van der Waals surface area (Å²) in [4.78, 5) is 11.8. The summed E-state index contributed by atoms with van der Waals surface area (Å²) in [5.41, 5.74) is 3.18. The molecule has 1 amide bonds. The first-order valence-electron chi connectivity index (χ1n) is 9.11. The van der Waals surface area contributed by atoms with Gasteiger partial charge in [0, 0.05) is 5.56 Å². The lowest BCUT2D eigenvalue weighted by atomic mass is 10.2. The molecule has 0 aliphatic rings. The van der Waals surface area contributed by atoms with Crippen LogP contribution in [0.25, 0.3) is 0 Å². The summed E-state index contributed by atoms with van der Waals surface area (Å²) < 4.78 is 23.9. The molecule has 0 fully saturated rings. The highest BCUT2D eigenvalue weighted by atomic mass is 19.1. The van der Waals surface area contributed by atoms with Crippen LogP contribution in [-0.2, 0) is 4.79 Å². The number of rotatable bonds is 11. The number of ether oxygens (including phenoxy) is 2. The van der Waals surface area contributed by atoms with E-state index in [1.165, 1.54) is 43.3 Å². The van der Waals surface area contributed by atoms with E-state index in [1.54, 1.807) is 0 Å². The van der Waals surface area contributed by atoms with Crippen molar-refractivity contribution in [1.29, 1.82) is 0 Å². The van der Waals surface area contributed by atoms with Crippen molar-refractivity contribution in [2.24, 2.45) is 5.10 Å². The second-order valence-corrected chi connectivity index (χ2v) is 5.98. The van der Waals surface area contributed by atoms with E-state index in [0.717, 1.165) is 24.2 Å². The van der Waals surface area contributed by atoms with E-state index >= 15 is 0 Å². The molecule has 2 aromatic carbocycles. The molecular formula is C21H25FN2O3. The summed E-state index contributed by atoms with van der Waals surface area (Å²) in [6.45, 7) is 2.62. The van der Waals surface area contributed by atoms with Gasteiger partial charge in [-0.3, -0.25) is 4.79 Å². The minimum atomic E-state index is -0.409. The Balaban J connectivity index is 1.77. The van der Waals surface area contributed by atoms with Gasteiger partial charge in [-0.2, -0.15) is 5.10 Å². The zero-order chi connectivity index (χ0) is 19.3. The van der Waals surface area contributed by atoms with Gasteiger partial charge in [-0.05, 0) is 42.8 Å². The molecule has 0 unspecified atom stereocenters. The molecule has 1 N–H and O–H groups in total. The van der Waals surface area contributed by atoms with Crippen molar-refractivity contribution in [2.45, 2.75) is 32.6 Å². The Labute approximate surface area is 159 Å². The van der Waals surface area contributed by atoms with Crippen LogP contribution < -0.4 is 14.9 Å². The maximum absolute atomic E-state index is 12.8. The number of hydrogen-bond donors (Lipinski definition) is 1. The largest absolute Gasteiger partial charge is 0.493 e. The van der Waals surface area contributed by atoms with Gasteiger partial charge < -0.3 is 9.47 Å². The van der Waals surface area contributed by atoms with Crippen molar-refractivity contribution in [1.82, 2.24) is 5.43 Å². The van der Waals surface area contributed by atoms with Gasteiger partial charge in [-0.25, -0.2) is 9.82 Å². The number of para-hydroxylation sites is 1. The summed E-state index contributed by atoms with van der Waals surface area (Å²) in [6.07, 6.45) is 6.09. The molecule has 0 bridgehead atoms. The van der Waals surface area contributed by atoms with Crippen molar-refractivity contribution in [3.63, 3.8) is 0 Å². The SMILES string of the molecule is CCCCCCOc1ccccc1C=NNC(=O)COc1ccc(F)cc1. The third kappa shape index (κ3) is 7.90. The molecule has 0 radical (unpaired) electrons. The highest BCUT2D eigenvalue weighted by Gasteiger charge is 2.03. The van der Waals surface area contributed by atoms with Crippen molar-refractivity contribution in [3.8, 4) is 11.5 Å². The van der Waals surface area contributed by atoms with Crippen LogP contribution >= 0.6 is 0 Å². The van der Waals surface area contributed by atoms with Crippen molar-refractivity contribution < 1.29 is 18.7 Å². The first kappa shape index (κ1) is 20.4. The molecule has 0 saturated heterocycles. The maximum atomic E-state index is 12.8. The molecule has 2 aromatic rings. The second-order valence-electron chi connectivity index (χ2n) is 5.98. The smallest absolute Gasteiger partial charge is 0.277 e. The summed E-state index contributed by atoms with van der Waals surface area (Å²) in [6, 6.07) is 13.0. The fraction of sp³-hybridized carbons (Fsp3) is 0.333. The van der Waals surface area contributed by atoms with Crippen molar-refractivity contribution in [2.75, 3.05) is 13.2 Å². The number of nitrogens with one attached hydrogen (secondary N) is 1. The number of benzene rings is 2. The third-order valence-electron chi connectivity index (χ3n) is 3.75. The van der Waals surface area contributed by atoms with E-state index in [-0.39, 0.29) is 12.4 Å². The third-order valence-corrected chi connectivity index (χ3v) is 3.75. The van der Waals surface area contributed by atoms with Crippen LogP contribution in [0.15, 0.2) is 53.6 Å². The van der Waals surface area contributed by atoms with Crippen molar-refractivity contribution in [3.05, 3.63) is 59.9 Å². The van der Waals surface area contributed by atoms with Gasteiger partial charge in [0.1, 0.15) is 17.3 Å². The molecule has 0 aliphatic carbocycles. The van der Waals surface area contributed by atoms with Gasteiger partial charge in [0.25, 0.3) is 5.91 Å². The fourth-order valence-corrected chi connectivity index (χ4v) is 2.32. The molecule has 144 valence electrons. The molecule has 0 atom stereocenters. The zero-order valence-corrected chi connectivity index (χ0v) is 15.5. The lowest BCUT2D eigenvalue weighted by Gasteiger charge is -2.08. The molecule has 0 aromatic heterocycles. The number of unbranched alkanes of at least 4 members (excludes halogenated alkanes) is 3. The normalized spacial score (nSPS) is 10.7. The number of nitrogens with zero attached hydrogens (tertiary/aromatic N) is 1. The Hall–Kier alpha value is -2.89. The van der Waals surface area contributed by atoms with Crippen molar-refractivity contribution >= 4 is 12.1 Å². The van der Waals surface area contributed by atoms with Gasteiger partial charge in [0.15, 0.2) is 6.61 Å². The quantitative estimate of drug-likeness (QED) is 0.363. The summed E-state index contributed by atoms with van der Waals surface area (Å²) in [7, 11) is 0. The standard InChI is InChI=1S/C21H25FN2O3/c1-2-3-4-7-14-26-20-9-6-5-8-17(20)15-23-24-21(25)16-27-19-12-10-18(22)11-13-19/h5-6,8-13,15H,2-4,7,14,16H2,1H3,(H,24,25). The van der Waals surface area contributed by atoms with E-state index in [1.807, 2.05) is 24.3 Å². The predicted molar refractivity (Wildman–Crippen MR) is 104 cm³/mol. The molecule has 0 spiro atoms. The van der Waals surface area contributed by atoms with Gasteiger partial charge in [-0.1, -0.05) is 38.3 Å². The predicted octanol–water partition coefficient (Wildman–Crippen LogP) is 4.31. The lowest BCUT2D eigenvalue weighted by molar-refractivity contribution is -0.123. The van der Waals surface area contributed by atoms with Crippen LogP contribution in [0, 0.1) is 5.82 Å². The Morgan fingerprint density at radius 3 is 2.63 bits per heavy atom. The van der Waals surface area contributed by atoms with Gasteiger partial charge in [-0.15, -0.1) is 0 Å². The number of hydrazone groups is 1. The maximum Gasteiger partial charge on any atom is 0.277 e. The van der Waals surface area contributed by atoms with Crippen LogP contribution in [-0.4, -0.2) is 25.3 Å². The average molecular weight is 372 g/mol. The Bertz CT molecular complexity index is 732. The fourth-order valence-electron chi connectivity index (χ4n) is 2.32. The lowest BCUT2D eigenvalue weighted by Crippen LogP contribution is -2.24. The van der Waals surface area contributed by atoms with E-state index < -0.39 is 5.91 Å². The van der Waals surface area contributed by atoms with Crippen LogP contribution in [0.4, 0.5) is 4.39 Å². The van der Waals surface area contributed by atoms with E-state index in [2.05, 4.69) is 17.5 Å². The number of carbonyl (C=O) groups excluding carboxylic acids is 1. The zero-order valence-electron chi connectivity index (χ0n) is 15.5. The summed E-state index contributed by atoms with van der Waals surface area (Å²) in [5.74, 6) is 0.378. The molecule has 0 aliphatic heterocycles. The molecule has 5 nitrogen and oxygen atoms in total. The first-order chi connectivity index (χ1) is 13.2. The van der Waals surface area contributed by atoms with Gasteiger partial charge in [0.2, 0.25) is 0 Å². The van der Waals surface area contributed by atoms with Crippen LogP contribution in [0.3, 0.4) is 0 Å². The monoisotopic (exact) mass is 372 g/mol. The van der Waals surface area contributed by atoms with E-state index in [4.69, 9.17) is 9.47 Å². The Kier molecular flexibility index (Phi) is 8.83. The topological polar surface area (TPSA) is 59.9 Å². The number of carbonyl (C=O) groups is 1. The van der Waals surface area contributed by atoms with Gasteiger partial charge >= 0.3 is 0 Å². The second kappa shape index (κ2) is 11.7. The highest BCUT2D eigenvalue weighted by Crippen LogP contribution is 2.16. The Morgan fingerprint density at radius 2 is 1.85 bits per heavy atom. The van der Waals surface area contributed by atoms with E-state index in [0.29, 0.717) is 12.4 Å². The highest BCUT2D eigenvalue weighted by molar-refractivity contribution is 5.85. The number of amides is 1. The molecule has 6 heteroatoms. The minimum absolute atomic E-state index is 0.210. The van der Waals surface area contributed by atoms with Crippen LogP contribution in [0.1, 0.15) is 38.2 Å². The first-order valence-corrected chi connectivity index (χ1v) is 9.11.